The van der Waals surface area contributed by atoms with Crippen LogP contribution in [-0.4, -0.2) is 10.4 Å². The lowest BCUT2D eigenvalue weighted by atomic mass is 10.1. The lowest BCUT2D eigenvalue weighted by Gasteiger charge is -2.13. The maximum absolute atomic E-state index is 12.9. The molecule has 0 heterocycles. The van der Waals surface area contributed by atoms with Gasteiger partial charge in [-0.1, -0.05) is 49.9 Å². The topological polar surface area (TPSA) is 37.3 Å². The molecule has 84 valence electrons. The minimum Gasteiger partial charge on any atom is -0.473 e. The van der Waals surface area contributed by atoms with Crippen molar-refractivity contribution in [1.82, 2.24) is 0 Å². The summed E-state index contributed by atoms with van der Waals surface area (Å²) in [5, 5.41) is 6.14. The van der Waals surface area contributed by atoms with E-state index in [0.29, 0.717) is 0 Å². The maximum atomic E-state index is 12.9. The molecule has 0 aromatic heterocycles. The number of carboxylic acid groups (broad SMARTS) is 1. The molecule has 0 fully saturated rings. The molecule has 0 unspecified atom stereocenters. The highest BCUT2D eigenvalue weighted by Gasteiger charge is 2.27. The fourth-order valence-electron chi connectivity index (χ4n) is 0.886. The Morgan fingerprint density at radius 3 is 2.13 bits per heavy atom. The molecular weight excluding hydrogens is 222 g/mol. The van der Waals surface area contributed by atoms with Crippen LogP contribution in [0.4, 0.5) is 13.6 Å². The van der Waals surface area contributed by atoms with Crippen LogP contribution >= 0.6 is 12.6 Å². The van der Waals surface area contributed by atoms with Crippen molar-refractivity contribution >= 4 is 17.9 Å². The predicted octanol–water partition coefficient (Wildman–Crippen LogP) is 3.78. The third kappa shape index (κ3) is 6.06. The van der Waals surface area contributed by atoms with Crippen molar-refractivity contribution < 1.29 is 18.7 Å². The largest absolute Gasteiger partial charge is 0.473 e. The van der Waals surface area contributed by atoms with Gasteiger partial charge in [0.05, 0.1) is 0 Å². The van der Waals surface area contributed by atoms with Gasteiger partial charge in [-0.25, -0.2) is 13.6 Å². The van der Waals surface area contributed by atoms with Crippen LogP contribution in [0.25, 0.3) is 0 Å². The first-order valence-corrected chi connectivity index (χ1v) is 4.70. The van der Waals surface area contributed by atoms with Crippen LogP contribution in [0.5, 0.6) is 0 Å². The van der Waals surface area contributed by atoms with Gasteiger partial charge in [-0.2, -0.15) is 0 Å². The van der Waals surface area contributed by atoms with Gasteiger partial charge in [-0.05, 0) is 0 Å². The molecule has 1 N–H and O–H groups in total. The van der Waals surface area contributed by atoms with Crippen molar-refractivity contribution in [2.24, 2.45) is 0 Å². The molecule has 1 aromatic rings. The highest BCUT2D eigenvalue weighted by Crippen LogP contribution is 2.30. The van der Waals surface area contributed by atoms with Gasteiger partial charge < -0.3 is 5.11 Å². The van der Waals surface area contributed by atoms with Gasteiger partial charge in [0.25, 0.3) is 5.92 Å². The average molecular weight is 234 g/mol. The number of hydrogen-bond acceptors (Lipinski definition) is 1. The molecule has 0 bridgehead atoms. The van der Waals surface area contributed by atoms with E-state index in [2.05, 4.69) is 12.6 Å². The van der Waals surface area contributed by atoms with Crippen molar-refractivity contribution in [2.45, 2.75) is 19.3 Å². The monoisotopic (exact) mass is 234 g/mol. The van der Waals surface area contributed by atoms with E-state index < -0.39 is 11.2 Å². The molecule has 1 aromatic carbocycles. The molecule has 1 rings (SSSR count). The second-order valence-corrected chi connectivity index (χ2v) is 3.09. The lowest BCUT2D eigenvalue weighted by molar-refractivity contribution is -0.00828. The van der Waals surface area contributed by atoms with Gasteiger partial charge >= 0.3 is 5.30 Å². The van der Waals surface area contributed by atoms with E-state index in [9.17, 15) is 8.78 Å². The summed E-state index contributed by atoms with van der Waals surface area (Å²) in [7, 11) is 0. The van der Waals surface area contributed by atoms with Gasteiger partial charge in [0, 0.05) is 12.0 Å². The predicted molar refractivity (Wildman–Crippen MR) is 57.6 cm³/mol. The highest BCUT2D eigenvalue weighted by atomic mass is 32.1. The van der Waals surface area contributed by atoms with Crippen molar-refractivity contribution in [3.05, 3.63) is 35.9 Å². The van der Waals surface area contributed by atoms with Gasteiger partial charge in [0.15, 0.2) is 0 Å². The van der Waals surface area contributed by atoms with Crippen LogP contribution < -0.4 is 0 Å². The molecule has 0 aliphatic carbocycles. The van der Waals surface area contributed by atoms with Gasteiger partial charge in [-0.15, -0.1) is 0 Å². The fraction of sp³-hybridized carbons (Fsp3) is 0.300. The number of halogens is 2. The van der Waals surface area contributed by atoms with Crippen LogP contribution in [0.2, 0.25) is 0 Å². The second-order valence-electron chi connectivity index (χ2n) is 2.71. The Kier molecular flexibility index (Phi) is 5.93. The fourth-order valence-corrected chi connectivity index (χ4v) is 0.886. The van der Waals surface area contributed by atoms with E-state index in [0.717, 1.165) is 0 Å². The van der Waals surface area contributed by atoms with Crippen LogP contribution in [0.3, 0.4) is 0 Å². The van der Waals surface area contributed by atoms with E-state index in [1.807, 2.05) is 0 Å². The van der Waals surface area contributed by atoms with E-state index in [-0.39, 0.29) is 12.0 Å². The number of thiol groups is 1. The molecular formula is C10H12F2O2S. The summed E-state index contributed by atoms with van der Waals surface area (Å²) in [6.07, 6.45) is -0.142. The van der Waals surface area contributed by atoms with E-state index in [1.165, 1.54) is 19.1 Å². The summed E-state index contributed by atoms with van der Waals surface area (Å²) >= 11 is 2.88. The third-order valence-corrected chi connectivity index (χ3v) is 1.64. The molecule has 0 radical (unpaired) electrons. The SMILES string of the molecule is CCC(F)(F)c1ccccc1.O=C(O)S. The maximum Gasteiger partial charge on any atom is 0.361 e. The van der Waals surface area contributed by atoms with Gasteiger partial charge in [0.1, 0.15) is 0 Å². The van der Waals surface area contributed by atoms with Crippen LogP contribution in [0.15, 0.2) is 30.3 Å². The van der Waals surface area contributed by atoms with E-state index in [1.54, 1.807) is 18.2 Å². The van der Waals surface area contributed by atoms with Crippen molar-refractivity contribution in [2.75, 3.05) is 0 Å². The Hall–Kier alpha value is -1.10. The molecule has 15 heavy (non-hydrogen) atoms. The van der Waals surface area contributed by atoms with E-state index in [4.69, 9.17) is 9.90 Å². The first kappa shape index (κ1) is 13.9. The zero-order chi connectivity index (χ0) is 11.9. The summed E-state index contributed by atoms with van der Waals surface area (Å²) in [4.78, 5) is 8.86. The molecule has 0 saturated carbocycles. The first-order valence-electron chi connectivity index (χ1n) is 4.25. The van der Waals surface area contributed by atoms with Crippen LogP contribution in [-0.2, 0) is 5.92 Å². The Labute approximate surface area is 92.3 Å². The lowest BCUT2D eigenvalue weighted by Crippen LogP contribution is -2.10. The minimum atomic E-state index is -2.67. The van der Waals surface area contributed by atoms with Gasteiger partial charge in [0.2, 0.25) is 0 Å². The Morgan fingerprint density at radius 1 is 1.40 bits per heavy atom. The molecule has 0 saturated heterocycles. The van der Waals surface area contributed by atoms with Crippen LogP contribution in [0, 0.1) is 0 Å². The molecule has 2 nitrogen and oxygen atoms in total. The summed E-state index contributed by atoms with van der Waals surface area (Å²) in [5.41, 5.74) is 0.0995. The zero-order valence-electron chi connectivity index (χ0n) is 8.15. The van der Waals surface area contributed by atoms with Crippen molar-refractivity contribution in [3.8, 4) is 0 Å². The number of alkyl halides is 2. The van der Waals surface area contributed by atoms with E-state index >= 15 is 0 Å². The Bertz CT molecular complexity index is 298. The number of benzene rings is 1. The number of hydrogen-bond donors (Lipinski definition) is 2. The quantitative estimate of drug-likeness (QED) is 0.764. The summed E-state index contributed by atoms with van der Waals surface area (Å²) in [6, 6.07) is 7.88. The Balaban J connectivity index is 0.000000423. The summed E-state index contributed by atoms with van der Waals surface area (Å²) in [6.45, 7) is 1.48. The zero-order valence-corrected chi connectivity index (χ0v) is 9.05. The minimum absolute atomic E-state index is 0.0995. The molecule has 0 spiro atoms. The highest BCUT2D eigenvalue weighted by molar-refractivity contribution is 7.96. The number of rotatable bonds is 2. The first-order chi connectivity index (χ1) is 6.90. The molecule has 0 aliphatic heterocycles. The second kappa shape index (κ2) is 6.40. The molecule has 0 atom stereocenters. The number of carbonyl (C=O) groups is 1. The molecule has 0 amide bonds. The van der Waals surface area contributed by atoms with Gasteiger partial charge in [-0.3, -0.25) is 0 Å². The summed E-state index contributed by atoms with van der Waals surface area (Å²) in [5.74, 6) is -2.67. The van der Waals surface area contributed by atoms with Crippen molar-refractivity contribution in [1.29, 1.82) is 0 Å². The average Bonchev–Trinajstić information content (AvgIpc) is 2.18. The third-order valence-electron chi connectivity index (χ3n) is 1.64. The normalized spacial score (nSPS) is 10.1. The smallest absolute Gasteiger partial charge is 0.361 e. The van der Waals surface area contributed by atoms with Crippen molar-refractivity contribution in [3.63, 3.8) is 0 Å². The molecule has 0 aliphatic rings. The summed E-state index contributed by atoms with van der Waals surface area (Å²) < 4.78 is 25.8. The molecule has 5 heteroatoms. The Morgan fingerprint density at radius 2 is 1.80 bits per heavy atom. The standard InChI is InChI=1S/C9H10F2.CH2O2S/c1-2-9(10,11)8-6-4-3-5-7-8;2-1(3)4/h3-7H,2H2,1H3;4H,(H,2,3). The van der Waals surface area contributed by atoms with Crippen LogP contribution in [0.1, 0.15) is 18.9 Å².